The second kappa shape index (κ2) is 9.50. The summed E-state index contributed by atoms with van der Waals surface area (Å²) in [5.74, 6) is 1.74. The van der Waals surface area contributed by atoms with Crippen LogP contribution in [0.4, 0.5) is 0 Å². The van der Waals surface area contributed by atoms with Gasteiger partial charge >= 0.3 is 0 Å². The number of hydrogen-bond acceptors (Lipinski definition) is 1. The molecule has 0 atom stereocenters. The second-order valence-electron chi connectivity index (χ2n) is 6.25. The highest BCUT2D eigenvalue weighted by Crippen LogP contribution is 2.33. The molecule has 0 spiro atoms. The number of methoxy groups -OCH3 is 1. The Kier molecular flexibility index (Phi) is 7.28. The Morgan fingerprint density at radius 2 is 1.91 bits per heavy atom. The van der Waals surface area contributed by atoms with E-state index < -0.39 is 0 Å². The van der Waals surface area contributed by atoms with Gasteiger partial charge in [0.2, 0.25) is 0 Å². The predicted molar refractivity (Wildman–Crippen MR) is 96.2 cm³/mol. The second-order valence-corrected chi connectivity index (χ2v) is 6.25. The summed E-state index contributed by atoms with van der Waals surface area (Å²) in [6.45, 7) is 2.23. The van der Waals surface area contributed by atoms with E-state index in [1.165, 1.54) is 56.1 Å². The van der Waals surface area contributed by atoms with Crippen molar-refractivity contribution >= 4 is 5.57 Å². The summed E-state index contributed by atoms with van der Waals surface area (Å²) in [7, 11) is 1.77. The van der Waals surface area contributed by atoms with Crippen molar-refractivity contribution in [2.24, 2.45) is 5.92 Å². The molecule has 0 aromatic heterocycles. The molecule has 1 aromatic carbocycles. The number of hydrogen-bond donors (Lipinski definition) is 0. The summed E-state index contributed by atoms with van der Waals surface area (Å²) in [4.78, 5) is 0. The highest BCUT2D eigenvalue weighted by atomic mass is 16.5. The molecule has 1 saturated carbocycles. The van der Waals surface area contributed by atoms with Crippen LogP contribution in [0, 0.1) is 5.92 Å². The summed E-state index contributed by atoms with van der Waals surface area (Å²) < 4.78 is 5.58. The van der Waals surface area contributed by atoms with Gasteiger partial charge in [0.1, 0.15) is 5.75 Å². The van der Waals surface area contributed by atoms with Crippen LogP contribution in [0.3, 0.4) is 0 Å². The van der Waals surface area contributed by atoms with Crippen molar-refractivity contribution in [2.75, 3.05) is 7.11 Å². The minimum absolute atomic E-state index is 0.744. The van der Waals surface area contributed by atoms with Crippen LogP contribution < -0.4 is 4.74 Å². The maximum Gasteiger partial charge on any atom is 0.126 e. The molecule has 1 aliphatic carbocycles. The highest BCUT2D eigenvalue weighted by molar-refractivity contribution is 5.71. The summed E-state index contributed by atoms with van der Waals surface area (Å²) in [6, 6.07) is 8.43. The van der Waals surface area contributed by atoms with Gasteiger partial charge < -0.3 is 4.74 Å². The van der Waals surface area contributed by atoms with Gasteiger partial charge in [-0.2, -0.15) is 0 Å². The zero-order valence-electron chi connectivity index (χ0n) is 14.2. The molecule has 2 rings (SSSR count). The quantitative estimate of drug-likeness (QED) is 0.529. The summed E-state index contributed by atoms with van der Waals surface area (Å²) in [5, 5.41) is 0. The van der Waals surface area contributed by atoms with E-state index in [1.807, 2.05) is 6.07 Å². The molecular formula is C21H30O. The Morgan fingerprint density at radius 1 is 1.14 bits per heavy atom. The lowest BCUT2D eigenvalue weighted by atomic mass is 9.86. The Morgan fingerprint density at radius 3 is 2.64 bits per heavy atom. The first-order chi connectivity index (χ1) is 10.8. The fourth-order valence-electron chi connectivity index (χ4n) is 3.26. The smallest absolute Gasteiger partial charge is 0.126 e. The maximum absolute atomic E-state index is 5.58. The standard InChI is InChI=1S/C21H30O/c1-3-4-5-9-14-19(17-18-12-7-6-8-13-18)20-15-10-11-16-21(20)22-2/h5,9-11,15-18H,3-4,6-8,12-14H2,1-2H3/b9-5+,19-17+. The Balaban J connectivity index is 2.21. The molecule has 0 unspecified atom stereocenters. The van der Waals surface area contributed by atoms with Gasteiger partial charge in [0.25, 0.3) is 0 Å². The van der Waals surface area contributed by atoms with Crippen LogP contribution in [0.15, 0.2) is 42.5 Å². The van der Waals surface area contributed by atoms with Gasteiger partial charge in [-0.05, 0) is 43.2 Å². The minimum Gasteiger partial charge on any atom is -0.496 e. The number of unbranched alkanes of at least 4 members (excludes halogenated alkanes) is 1. The van der Waals surface area contributed by atoms with E-state index >= 15 is 0 Å². The Labute approximate surface area is 136 Å². The average Bonchev–Trinajstić information content (AvgIpc) is 2.58. The van der Waals surface area contributed by atoms with E-state index in [0.29, 0.717) is 0 Å². The average molecular weight is 298 g/mol. The zero-order chi connectivity index (χ0) is 15.6. The van der Waals surface area contributed by atoms with Crippen molar-refractivity contribution in [1.82, 2.24) is 0 Å². The fourth-order valence-corrected chi connectivity index (χ4v) is 3.26. The number of para-hydroxylation sites is 1. The van der Waals surface area contributed by atoms with E-state index in [2.05, 4.69) is 43.4 Å². The summed E-state index contributed by atoms with van der Waals surface area (Å²) in [6.07, 6.45) is 17.4. The lowest BCUT2D eigenvalue weighted by Gasteiger charge is -2.20. The Bertz CT molecular complexity index is 492. The minimum atomic E-state index is 0.744. The Hall–Kier alpha value is -1.50. The molecule has 1 aromatic rings. The van der Waals surface area contributed by atoms with Crippen molar-refractivity contribution in [3.63, 3.8) is 0 Å². The number of benzene rings is 1. The van der Waals surface area contributed by atoms with E-state index in [4.69, 9.17) is 4.74 Å². The van der Waals surface area contributed by atoms with Crippen LogP contribution >= 0.6 is 0 Å². The van der Waals surface area contributed by atoms with Crippen LogP contribution in [0.2, 0.25) is 0 Å². The third-order valence-electron chi connectivity index (χ3n) is 4.50. The van der Waals surface area contributed by atoms with E-state index in [1.54, 1.807) is 7.11 Å². The lowest BCUT2D eigenvalue weighted by molar-refractivity contribution is 0.412. The number of ether oxygens (including phenoxy) is 1. The van der Waals surface area contributed by atoms with Crippen molar-refractivity contribution < 1.29 is 4.74 Å². The van der Waals surface area contributed by atoms with Crippen LogP contribution in [-0.2, 0) is 0 Å². The van der Waals surface area contributed by atoms with Gasteiger partial charge in [-0.3, -0.25) is 0 Å². The summed E-state index contributed by atoms with van der Waals surface area (Å²) >= 11 is 0. The van der Waals surface area contributed by atoms with E-state index in [0.717, 1.165) is 18.1 Å². The molecule has 1 nitrogen and oxygen atoms in total. The molecule has 22 heavy (non-hydrogen) atoms. The molecule has 0 aliphatic heterocycles. The van der Waals surface area contributed by atoms with Gasteiger partial charge in [0.15, 0.2) is 0 Å². The largest absolute Gasteiger partial charge is 0.496 e. The molecule has 1 fully saturated rings. The third kappa shape index (κ3) is 5.05. The normalized spacial score (nSPS) is 17.1. The van der Waals surface area contributed by atoms with Crippen molar-refractivity contribution in [3.8, 4) is 5.75 Å². The molecule has 0 amide bonds. The van der Waals surface area contributed by atoms with E-state index in [9.17, 15) is 0 Å². The molecule has 0 bridgehead atoms. The molecular weight excluding hydrogens is 268 g/mol. The molecule has 1 aliphatic rings. The molecule has 0 saturated heterocycles. The molecule has 120 valence electrons. The van der Waals surface area contributed by atoms with Crippen LogP contribution in [0.5, 0.6) is 5.75 Å². The highest BCUT2D eigenvalue weighted by Gasteiger charge is 2.14. The van der Waals surface area contributed by atoms with Gasteiger partial charge in [-0.1, -0.05) is 69.0 Å². The van der Waals surface area contributed by atoms with Crippen LogP contribution in [-0.4, -0.2) is 7.11 Å². The van der Waals surface area contributed by atoms with Crippen molar-refractivity contribution in [3.05, 3.63) is 48.1 Å². The van der Waals surface area contributed by atoms with Crippen molar-refractivity contribution in [1.29, 1.82) is 0 Å². The fraction of sp³-hybridized carbons (Fsp3) is 0.524. The predicted octanol–water partition coefficient (Wildman–Crippen LogP) is 6.41. The molecule has 1 heteroatoms. The molecule has 0 N–H and O–H groups in total. The molecule has 0 heterocycles. The number of allylic oxidation sites excluding steroid dienone is 4. The van der Waals surface area contributed by atoms with Crippen molar-refractivity contribution in [2.45, 2.75) is 58.3 Å². The lowest BCUT2D eigenvalue weighted by Crippen LogP contribution is -2.04. The van der Waals surface area contributed by atoms with Crippen LogP contribution in [0.1, 0.15) is 63.9 Å². The van der Waals surface area contributed by atoms with Crippen LogP contribution in [0.25, 0.3) is 5.57 Å². The first-order valence-corrected chi connectivity index (χ1v) is 8.84. The first-order valence-electron chi connectivity index (χ1n) is 8.84. The topological polar surface area (TPSA) is 9.23 Å². The maximum atomic E-state index is 5.58. The molecule has 0 radical (unpaired) electrons. The SMILES string of the molecule is CCC/C=C/C/C(=C\C1CCCCC1)c1ccccc1OC. The third-order valence-corrected chi connectivity index (χ3v) is 4.50. The zero-order valence-corrected chi connectivity index (χ0v) is 14.2. The first kappa shape index (κ1) is 16.9. The van der Waals surface area contributed by atoms with Gasteiger partial charge in [0.05, 0.1) is 7.11 Å². The van der Waals surface area contributed by atoms with E-state index in [-0.39, 0.29) is 0 Å². The van der Waals surface area contributed by atoms with Gasteiger partial charge in [-0.15, -0.1) is 0 Å². The van der Waals surface area contributed by atoms with Gasteiger partial charge in [-0.25, -0.2) is 0 Å². The number of rotatable bonds is 7. The monoisotopic (exact) mass is 298 g/mol. The summed E-state index contributed by atoms with van der Waals surface area (Å²) in [5.41, 5.74) is 2.69. The van der Waals surface area contributed by atoms with Gasteiger partial charge in [0, 0.05) is 5.56 Å².